The largest absolute Gasteiger partial charge is 0.323 e. The van der Waals surface area contributed by atoms with Crippen molar-refractivity contribution in [3.05, 3.63) is 0 Å². The predicted molar refractivity (Wildman–Crippen MR) is 42.6 cm³/mol. The van der Waals surface area contributed by atoms with Crippen molar-refractivity contribution in [3.8, 4) is 0 Å². The smallest absolute Gasteiger partial charge is 0.107 e. The summed E-state index contributed by atoms with van der Waals surface area (Å²) in [4.78, 5) is 0. The summed E-state index contributed by atoms with van der Waals surface area (Å²) in [6, 6.07) is 0. The molecule has 0 bridgehead atoms. The SMILES string of the molecule is CCC(N)(CF)CC(C)C. The Hall–Kier alpha value is -0.110. The Bertz CT molecular complexity index is 87.3. The number of alkyl halides is 1. The van der Waals surface area contributed by atoms with Gasteiger partial charge in [0, 0.05) is 5.54 Å². The summed E-state index contributed by atoms with van der Waals surface area (Å²) in [6.07, 6.45) is 1.50. The van der Waals surface area contributed by atoms with E-state index in [1.54, 1.807) is 0 Å². The van der Waals surface area contributed by atoms with Gasteiger partial charge in [0.2, 0.25) is 0 Å². The summed E-state index contributed by atoms with van der Waals surface area (Å²) in [7, 11) is 0. The molecule has 0 aliphatic heterocycles. The van der Waals surface area contributed by atoms with Crippen LogP contribution in [0.4, 0.5) is 4.39 Å². The lowest BCUT2D eigenvalue weighted by molar-refractivity contribution is 0.253. The maximum absolute atomic E-state index is 12.3. The van der Waals surface area contributed by atoms with Crippen molar-refractivity contribution < 1.29 is 4.39 Å². The molecule has 62 valence electrons. The molecule has 0 aliphatic carbocycles. The van der Waals surface area contributed by atoms with Gasteiger partial charge in [-0.05, 0) is 18.8 Å². The third-order valence-corrected chi connectivity index (χ3v) is 1.79. The Labute approximate surface area is 62.8 Å². The number of nitrogens with two attached hydrogens (primary N) is 1. The van der Waals surface area contributed by atoms with Gasteiger partial charge in [-0.2, -0.15) is 0 Å². The maximum Gasteiger partial charge on any atom is 0.107 e. The molecule has 0 saturated carbocycles. The van der Waals surface area contributed by atoms with Gasteiger partial charge in [-0.15, -0.1) is 0 Å². The van der Waals surface area contributed by atoms with Crippen molar-refractivity contribution in [2.75, 3.05) is 6.67 Å². The lowest BCUT2D eigenvalue weighted by Crippen LogP contribution is -2.42. The van der Waals surface area contributed by atoms with Gasteiger partial charge < -0.3 is 5.73 Å². The van der Waals surface area contributed by atoms with E-state index in [1.165, 1.54) is 0 Å². The first kappa shape index (κ1) is 9.89. The van der Waals surface area contributed by atoms with E-state index in [0.717, 1.165) is 12.8 Å². The molecule has 2 heteroatoms. The van der Waals surface area contributed by atoms with Crippen LogP contribution in [0.3, 0.4) is 0 Å². The highest BCUT2D eigenvalue weighted by Gasteiger charge is 2.23. The van der Waals surface area contributed by atoms with Gasteiger partial charge in [0.15, 0.2) is 0 Å². The van der Waals surface area contributed by atoms with Crippen molar-refractivity contribution >= 4 is 0 Å². The minimum absolute atomic E-state index is 0.401. The van der Waals surface area contributed by atoms with Crippen LogP contribution in [0, 0.1) is 5.92 Å². The van der Waals surface area contributed by atoms with E-state index in [9.17, 15) is 4.39 Å². The quantitative estimate of drug-likeness (QED) is 0.647. The van der Waals surface area contributed by atoms with E-state index < -0.39 is 12.2 Å². The second-order valence-corrected chi connectivity index (χ2v) is 3.45. The highest BCUT2D eigenvalue weighted by molar-refractivity contribution is 4.82. The van der Waals surface area contributed by atoms with E-state index in [2.05, 4.69) is 13.8 Å². The molecule has 0 radical (unpaired) electrons. The van der Waals surface area contributed by atoms with Gasteiger partial charge >= 0.3 is 0 Å². The van der Waals surface area contributed by atoms with E-state index in [1.807, 2.05) is 6.92 Å². The van der Waals surface area contributed by atoms with Crippen molar-refractivity contribution in [2.24, 2.45) is 11.7 Å². The summed E-state index contributed by atoms with van der Waals surface area (Å²) < 4.78 is 12.3. The van der Waals surface area contributed by atoms with Crippen LogP contribution in [-0.4, -0.2) is 12.2 Å². The van der Waals surface area contributed by atoms with Crippen LogP contribution in [-0.2, 0) is 0 Å². The first-order valence-corrected chi connectivity index (χ1v) is 3.89. The third-order valence-electron chi connectivity index (χ3n) is 1.79. The van der Waals surface area contributed by atoms with Gasteiger partial charge in [0.25, 0.3) is 0 Å². The highest BCUT2D eigenvalue weighted by atomic mass is 19.1. The Balaban J connectivity index is 3.80. The van der Waals surface area contributed by atoms with Crippen LogP contribution in [0.1, 0.15) is 33.6 Å². The lowest BCUT2D eigenvalue weighted by atomic mass is 9.89. The molecule has 0 saturated heterocycles. The minimum atomic E-state index is -0.561. The van der Waals surface area contributed by atoms with Crippen molar-refractivity contribution in [3.63, 3.8) is 0 Å². The fraction of sp³-hybridized carbons (Fsp3) is 1.00. The van der Waals surface area contributed by atoms with Gasteiger partial charge in [-0.3, -0.25) is 0 Å². The molecule has 0 aromatic rings. The fourth-order valence-corrected chi connectivity index (χ4v) is 1.11. The molecule has 0 aromatic heterocycles. The molecule has 1 unspecified atom stereocenters. The molecule has 0 rings (SSSR count). The van der Waals surface area contributed by atoms with E-state index in [0.29, 0.717) is 5.92 Å². The average molecular weight is 147 g/mol. The Kier molecular flexibility index (Phi) is 3.87. The third kappa shape index (κ3) is 3.16. The molecule has 10 heavy (non-hydrogen) atoms. The monoisotopic (exact) mass is 147 g/mol. The first-order chi connectivity index (χ1) is 4.54. The lowest BCUT2D eigenvalue weighted by Gasteiger charge is -2.26. The van der Waals surface area contributed by atoms with Crippen LogP contribution < -0.4 is 5.73 Å². The number of hydrogen-bond donors (Lipinski definition) is 1. The van der Waals surface area contributed by atoms with Gasteiger partial charge in [0.05, 0.1) is 0 Å². The first-order valence-electron chi connectivity index (χ1n) is 3.89. The van der Waals surface area contributed by atoms with Crippen LogP contribution >= 0.6 is 0 Å². The summed E-state index contributed by atoms with van der Waals surface area (Å²) >= 11 is 0. The van der Waals surface area contributed by atoms with Gasteiger partial charge in [0.1, 0.15) is 6.67 Å². The zero-order valence-corrected chi connectivity index (χ0v) is 7.15. The van der Waals surface area contributed by atoms with Crippen LogP contribution in [0.25, 0.3) is 0 Å². The molecule has 0 aliphatic rings. The summed E-state index contributed by atoms with van der Waals surface area (Å²) in [5.41, 5.74) is 5.16. The van der Waals surface area contributed by atoms with Crippen molar-refractivity contribution in [2.45, 2.75) is 39.2 Å². The topological polar surface area (TPSA) is 26.0 Å². The summed E-state index contributed by atoms with van der Waals surface area (Å²) in [5, 5.41) is 0. The number of hydrogen-bond acceptors (Lipinski definition) is 1. The van der Waals surface area contributed by atoms with Crippen molar-refractivity contribution in [1.29, 1.82) is 0 Å². The van der Waals surface area contributed by atoms with Crippen LogP contribution in [0.5, 0.6) is 0 Å². The Morgan fingerprint density at radius 3 is 2.10 bits per heavy atom. The molecule has 0 aromatic carbocycles. The maximum atomic E-state index is 12.3. The molecule has 0 fully saturated rings. The van der Waals surface area contributed by atoms with Crippen molar-refractivity contribution in [1.82, 2.24) is 0 Å². The summed E-state index contributed by atoms with van der Waals surface area (Å²) in [5.74, 6) is 0.487. The normalized spacial score (nSPS) is 17.4. The van der Waals surface area contributed by atoms with E-state index in [-0.39, 0.29) is 0 Å². The summed E-state index contributed by atoms with van der Waals surface area (Å²) in [6.45, 7) is 5.66. The second kappa shape index (κ2) is 3.91. The Morgan fingerprint density at radius 2 is 2.00 bits per heavy atom. The molecular formula is C8H18FN. The zero-order chi connectivity index (χ0) is 8.20. The van der Waals surface area contributed by atoms with E-state index >= 15 is 0 Å². The molecular weight excluding hydrogens is 129 g/mol. The molecule has 0 spiro atoms. The molecule has 0 amide bonds. The number of halogens is 1. The molecule has 0 heterocycles. The predicted octanol–water partition coefficient (Wildman–Crippen LogP) is 2.11. The zero-order valence-electron chi connectivity index (χ0n) is 7.15. The van der Waals surface area contributed by atoms with Crippen LogP contribution in [0.2, 0.25) is 0 Å². The van der Waals surface area contributed by atoms with Crippen LogP contribution in [0.15, 0.2) is 0 Å². The average Bonchev–Trinajstić information content (AvgIpc) is 1.87. The van der Waals surface area contributed by atoms with E-state index in [4.69, 9.17) is 5.73 Å². The number of rotatable bonds is 4. The van der Waals surface area contributed by atoms with Gasteiger partial charge in [-0.1, -0.05) is 20.8 Å². The fourth-order valence-electron chi connectivity index (χ4n) is 1.11. The van der Waals surface area contributed by atoms with Gasteiger partial charge in [-0.25, -0.2) is 4.39 Å². The molecule has 2 N–H and O–H groups in total. The Morgan fingerprint density at radius 1 is 1.50 bits per heavy atom. The second-order valence-electron chi connectivity index (χ2n) is 3.45. The molecule has 1 atom stereocenters. The molecule has 1 nitrogen and oxygen atoms in total. The standard InChI is InChI=1S/C8H18FN/c1-4-8(10,6-9)5-7(2)3/h7H,4-6,10H2,1-3H3. The highest BCUT2D eigenvalue weighted by Crippen LogP contribution is 2.17. The minimum Gasteiger partial charge on any atom is -0.323 e.